The van der Waals surface area contributed by atoms with Crippen molar-refractivity contribution < 1.29 is 5.11 Å². The van der Waals surface area contributed by atoms with Gasteiger partial charge in [0.2, 0.25) is 0 Å². The molecule has 4 aliphatic carbocycles. The SMILES string of the molecule is C=C(CCCO)[C@H]1CCC2C3CCC4CC(NNCC)CC[C@]4(C)C3CC[C@@]21C. The summed E-state index contributed by atoms with van der Waals surface area (Å²) in [5, 5.41) is 9.26. The normalized spacial score (nSPS) is 46.6. The Balaban J connectivity index is 1.46. The Morgan fingerprint density at radius 2 is 1.76 bits per heavy atom. The molecule has 5 unspecified atom stereocenters. The highest BCUT2D eigenvalue weighted by Crippen LogP contribution is 2.68. The van der Waals surface area contributed by atoms with E-state index in [1.807, 2.05) is 0 Å². The highest BCUT2D eigenvalue weighted by molar-refractivity contribution is 5.16. The first-order valence-corrected chi connectivity index (χ1v) is 12.7. The van der Waals surface area contributed by atoms with Crippen LogP contribution in [0.3, 0.4) is 0 Å². The molecule has 4 fully saturated rings. The monoisotopic (exact) mass is 402 g/mol. The zero-order valence-corrected chi connectivity index (χ0v) is 19.3. The van der Waals surface area contributed by atoms with Gasteiger partial charge in [0.25, 0.3) is 0 Å². The molecule has 3 heteroatoms. The van der Waals surface area contributed by atoms with Gasteiger partial charge in [0.15, 0.2) is 0 Å². The van der Waals surface area contributed by atoms with Crippen LogP contribution < -0.4 is 10.9 Å². The summed E-state index contributed by atoms with van der Waals surface area (Å²) < 4.78 is 0. The number of nitrogens with one attached hydrogen (secondary N) is 2. The van der Waals surface area contributed by atoms with E-state index < -0.39 is 0 Å². The van der Waals surface area contributed by atoms with Gasteiger partial charge in [-0.25, -0.2) is 0 Å². The maximum atomic E-state index is 9.26. The van der Waals surface area contributed by atoms with Crippen LogP contribution in [0.1, 0.15) is 91.4 Å². The second kappa shape index (κ2) is 8.63. The van der Waals surface area contributed by atoms with Crippen LogP contribution in [0.15, 0.2) is 12.2 Å². The molecule has 0 radical (unpaired) electrons. The molecular weight excluding hydrogens is 356 g/mol. The first kappa shape index (κ1) is 21.8. The molecule has 4 rings (SSSR count). The van der Waals surface area contributed by atoms with E-state index in [1.165, 1.54) is 63.4 Å². The minimum Gasteiger partial charge on any atom is -0.396 e. The average Bonchev–Trinajstić information content (AvgIpc) is 3.07. The molecule has 0 aliphatic heterocycles. The molecule has 0 aromatic carbocycles. The van der Waals surface area contributed by atoms with Crippen molar-refractivity contribution in [1.29, 1.82) is 0 Å². The van der Waals surface area contributed by atoms with E-state index in [2.05, 4.69) is 38.2 Å². The van der Waals surface area contributed by atoms with Gasteiger partial charge in [-0.15, -0.1) is 0 Å². The lowest BCUT2D eigenvalue weighted by Gasteiger charge is -2.61. The van der Waals surface area contributed by atoms with Crippen molar-refractivity contribution in [2.24, 2.45) is 40.4 Å². The Labute approximate surface area is 179 Å². The van der Waals surface area contributed by atoms with Crippen molar-refractivity contribution in [2.75, 3.05) is 13.2 Å². The van der Waals surface area contributed by atoms with Gasteiger partial charge in [0.1, 0.15) is 0 Å². The van der Waals surface area contributed by atoms with Crippen molar-refractivity contribution in [3.63, 3.8) is 0 Å². The first-order valence-electron chi connectivity index (χ1n) is 12.7. The molecule has 3 nitrogen and oxygen atoms in total. The summed E-state index contributed by atoms with van der Waals surface area (Å²) >= 11 is 0. The molecule has 166 valence electrons. The lowest BCUT2D eigenvalue weighted by Crippen LogP contribution is -2.56. The van der Waals surface area contributed by atoms with Crippen LogP contribution in [0.2, 0.25) is 0 Å². The molecule has 0 amide bonds. The fourth-order valence-corrected chi connectivity index (χ4v) is 8.79. The molecule has 0 saturated heterocycles. The van der Waals surface area contributed by atoms with E-state index in [1.54, 1.807) is 0 Å². The molecular formula is C26H46N2O. The van der Waals surface area contributed by atoms with Crippen LogP contribution in [0.5, 0.6) is 0 Å². The third-order valence-corrected chi connectivity index (χ3v) is 10.3. The summed E-state index contributed by atoms with van der Waals surface area (Å²) in [6.45, 7) is 13.3. The first-order chi connectivity index (χ1) is 13.9. The van der Waals surface area contributed by atoms with Gasteiger partial charge in [0, 0.05) is 19.2 Å². The number of hydrazine groups is 1. The third kappa shape index (κ3) is 3.74. The van der Waals surface area contributed by atoms with E-state index in [4.69, 9.17) is 0 Å². The van der Waals surface area contributed by atoms with Crippen molar-refractivity contribution in [3.05, 3.63) is 12.2 Å². The maximum absolute atomic E-state index is 9.26. The summed E-state index contributed by atoms with van der Waals surface area (Å²) in [7, 11) is 0. The molecule has 0 aromatic rings. The number of aliphatic hydroxyl groups is 1. The Hall–Kier alpha value is -0.380. The van der Waals surface area contributed by atoms with E-state index in [9.17, 15) is 5.11 Å². The quantitative estimate of drug-likeness (QED) is 0.391. The smallest absolute Gasteiger partial charge is 0.0434 e. The molecule has 29 heavy (non-hydrogen) atoms. The number of fused-ring (bicyclic) bond motifs is 5. The van der Waals surface area contributed by atoms with Gasteiger partial charge in [0.05, 0.1) is 0 Å². The molecule has 0 bridgehead atoms. The highest BCUT2D eigenvalue weighted by Gasteiger charge is 2.60. The van der Waals surface area contributed by atoms with Gasteiger partial charge in [-0.1, -0.05) is 32.9 Å². The zero-order chi connectivity index (χ0) is 20.6. The minimum atomic E-state index is 0.306. The standard InChI is InChI=1S/C26H46N2O/c1-5-27-28-20-12-14-25(3)19(17-20)8-9-21-23-11-10-22(18(2)7-6-16-29)26(23,4)15-13-24(21)25/h19-24,27-29H,2,5-17H2,1,3-4H3/t19?,20?,21?,22-,23?,24?,25+,26-/m1/s1. The Morgan fingerprint density at radius 1 is 1.00 bits per heavy atom. The molecule has 0 aromatic heterocycles. The molecule has 4 aliphatic rings. The van der Waals surface area contributed by atoms with Gasteiger partial charge in [-0.2, -0.15) is 0 Å². The van der Waals surface area contributed by atoms with Gasteiger partial charge in [-0.05, 0) is 111 Å². The van der Waals surface area contributed by atoms with Crippen LogP contribution in [-0.2, 0) is 0 Å². The third-order valence-electron chi connectivity index (χ3n) is 10.3. The van der Waals surface area contributed by atoms with Crippen LogP contribution in [-0.4, -0.2) is 24.3 Å². The van der Waals surface area contributed by atoms with E-state index in [0.29, 0.717) is 29.4 Å². The molecule has 0 spiro atoms. The van der Waals surface area contributed by atoms with Gasteiger partial charge < -0.3 is 5.11 Å². The number of allylic oxidation sites excluding steroid dienone is 1. The Kier molecular flexibility index (Phi) is 6.50. The number of hydrogen-bond acceptors (Lipinski definition) is 3. The lowest BCUT2D eigenvalue weighted by atomic mass is 9.44. The Morgan fingerprint density at radius 3 is 2.52 bits per heavy atom. The van der Waals surface area contributed by atoms with E-state index in [-0.39, 0.29) is 0 Å². The summed E-state index contributed by atoms with van der Waals surface area (Å²) in [6, 6.07) is 0.671. The molecule has 8 atom stereocenters. The Bertz CT molecular complexity index is 591. The predicted octanol–water partition coefficient (Wildman–Crippen LogP) is 5.46. The summed E-state index contributed by atoms with van der Waals surface area (Å²) in [4.78, 5) is 0. The van der Waals surface area contributed by atoms with Crippen LogP contribution >= 0.6 is 0 Å². The second-order valence-electron chi connectivity index (χ2n) is 11.5. The molecule has 3 N–H and O–H groups in total. The van der Waals surface area contributed by atoms with Gasteiger partial charge >= 0.3 is 0 Å². The van der Waals surface area contributed by atoms with Gasteiger partial charge in [-0.3, -0.25) is 10.9 Å². The summed E-state index contributed by atoms with van der Waals surface area (Å²) in [5.74, 6) is 4.42. The lowest BCUT2D eigenvalue weighted by molar-refractivity contribution is -0.113. The fraction of sp³-hybridized carbons (Fsp3) is 0.923. The van der Waals surface area contributed by atoms with Crippen molar-refractivity contribution in [3.8, 4) is 0 Å². The van der Waals surface area contributed by atoms with Crippen molar-refractivity contribution >= 4 is 0 Å². The van der Waals surface area contributed by atoms with E-state index >= 15 is 0 Å². The van der Waals surface area contributed by atoms with Crippen LogP contribution in [0.25, 0.3) is 0 Å². The highest BCUT2D eigenvalue weighted by atomic mass is 16.2. The van der Waals surface area contributed by atoms with Crippen LogP contribution in [0.4, 0.5) is 0 Å². The fourth-order valence-electron chi connectivity index (χ4n) is 8.79. The summed E-state index contributed by atoms with van der Waals surface area (Å²) in [6.07, 6.45) is 14.6. The number of rotatable bonds is 7. The topological polar surface area (TPSA) is 44.3 Å². The van der Waals surface area contributed by atoms with Crippen molar-refractivity contribution in [1.82, 2.24) is 10.9 Å². The van der Waals surface area contributed by atoms with Crippen LogP contribution in [0, 0.1) is 40.4 Å². The number of aliphatic hydroxyl groups excluding tert-OH is 1. The predicted molar refractivity (Wildman–Crippen MR) is 121 cm³/mol. The summed E-state index contributed by atoms with van der Waals surface area (Å²) in [5.41, 5.74) is 9.45. The average molecular weight is 403 g/mol. The maximum Gasteiger partial charge on any atom is 0.0434 e. The zero-order valence-electron chi connectivity index (χ0n) is 19.3. The number of hydrogen-bond donors (Lipinski definition) is 3. The van der Waals surface area contributed by atoms with Crippen molar-refractivity contribution in [2.45, 2.75) is 97.4 Å². The van der Waals surface area contributed by atoms with E-state index in [0.717, 1.165) is 43.1 Å². The minimum absolute atomic E-state index is 0.306. The largest absolute Gasteiger partial charge is 0.396 e. The molecule has 0 heterocycles. The molecule has 4 saturated carbocycles. The second-order valence-corrected chi connectivity index (χ2v) is 11.5.